The number of esters is 1. The van der Waals surface area contributed by atoms with E-state index in [0.29, 0.717) is 40.0 Å². The van der Waals surface area contributed by atoms with Gasteiger partial charge in [0.25, 0.3) is 0 Å². The highest BCUT2D eigenvalue weighted by molar-refractivity contribution is 6.04. The van der Waals surface area contributed by atoms with E-state index in [1.165, 1.54) is 7.11 Å². The maximum Gasteiger partial charge on any atom is 0.306 e. The van der Waals surface area contributed by atoms with Gasteiger partial charge in [-0.2, -0.15) is 0 Å². The van der Waals surface area contributed by atoms with Gasteiger partial charge in [0.1, 0.15) is 23.2 Å². The van der Waals surface area contributed by atoms with Crippen molar-refractivity contribution in [3.8, 4) is 11.5 Å². The molecule has 2 heterocycles. The zero-order valence-electron chi connectivity index (χ0n) is 24.1. The molecule has 1 aliphatic heterocycles. The second kappa shape index (κ2) is 10.7. The van der Waals surface area contributed by atoms with Crippen molar-refractivity contribution in [2.45, 2.75) is 58.3 Å². The molecule has 3 aromatic carbocycles. The fourth-order valence-corrected chi connectivity index (χ4v) is 5.61. The molecule has 216 valence electrons. The molecule has 0 saturated heterocycles. The van der Waals surface area contributed by atoms with Crippen molar-refractivity contribution in [1.29, 1.82) is 0 Å². The molecule has 1 N–H and O–H groups in total. The highest BCUT2D eigenvalue weighted by Crippen LogP contribution is 2.49. The number of methoxy groups -OCH3 is 1. The molecule has 9 nitrogen and oxygen atoms in total. The third kappa shape index (κ3) is 5.10. The maximum absolute atomic E-state index is 14.1. The molecule has 9 heteroatoms. The van der Waals surface area contributed by atoms with Crippen molar-refractivity contribution in [2.75, 3.05) is 13.7 Å². The Hall–Kier alpha value is -4.11. The van der Waals surface area contributed by atoms with Crippen molar-refractivity contribution in [1.82, 2.24) is 4.57 Å². The third-order valence-electron chi connectivity index (χ3n) is 7.55. The molecule has 0 spiro atoms. The lowest BCUT2D eigenvalue weighted by Crippen LogP contribution is -2.52. The first-order chi connectivity index (χ1) is 19.4. The summed E-state index contributed by atoms with van der Waals surface area (Å²) in [5.74, 6) is -0.773. The van der Waals surface area contributed by atoms with Crippen molar-refractivity contribution < 1.29 is 33.6 Å². The number of carboxylic acids is 1. The van der Waals surface area contributed by atoms with E-state index in [4.69, 9.17) is 24.1 Å². The highest BCUT2D eigenvalue weighted by Gasteiger charge is 2.49. The summed E-state index contributed by atoms with van der Waals surface area (Å²) >= 11 is 0. The van der Waals surface area contributed by atoms with Crippen LogP contribution in [-0.4, -0.2) is 47.0 Å². The van der Waals surface area contributed by atoms with Crippen LogP contribution in [0.1, 0.15) is 52.2 Å². The van der Waals surface area contributed by atoms with Crippen LogP contribution in [0.15, 0.2) is 47.3 Å². The van der Waals surface area contributed by atoms with Crippen LogP contribution in [0.4, 0.5) is 0 Å². The Balaban J connectivity index is 1.81. The number of hydrogen-bond donors (Lipinski definition) is 1. The van der Waals surface area contributed by atoms with Crippen LogP contribution in [0.3, 0.4) is 0 Å². The number of ether oxygens (including phenoxy) is 4. The lowest BCUT2D eigenvalue weighted by Gasteiger charge is -2.44. The van der Waals surface area contributed by atoms with E-state index in [2.05, 4.69) is 0 Å². The number of nitrogens with zero attached hydrogens (tertiary/aromatic N) is 1. The molecule has 0 amide bonds. The summed E-state index contributed by atoms with van der Waals surface area (Å²) in [7, 11) is 3.39. The Morgan fingerprint density at radius 3 is 2.41 bits per heavy atom. The Morgan fingerprint density at radius 2 is 1.78 bits per heavy atom. The smallest absolute Gasteiger partial charge is 0.306 e. The van der Waals surface area contributed by atoms with E-state index >= 15 is 0 Å². The number of aliphatic carboxylic acids is 1. The number of carboxylic acid groups (broad SMARTS) is 1. The summed E-state index contributed by atoms with van der Waals surface area (Å²) in [4.78, 5) is 38.0. The molecule has 0 saturated carbocycles. The summed E-state index contributed by atoms with van der Waals surface area (Å²) < 4.78 is 26.5. The van der Waals surface area contributed by atoms with Gasteiger partial charge in [0, 0.05) is 25.1 Å². The molecule has 2 atom stereocenters. The molecule has 5 rings (SSSR count). The number of rotatable bonds is 8. The quantitative estimate of drug-likeness (QED) is 0.221. The molecule has 41 heavy (non-hydrogen) atoms. The zero-order chi connectivity index (χ0) is 29.6. The number of aromatic nitrogens is 1. The van der Waals surface area contributed by atoms with Gasteiger partial charge in [-0.1, -0.05) is 38.1 Å². The van der Waals surface area contributed by atoms with Crippen LogP contribution in [0.2, 0.25) is 0 Å². The Morgan fingerprint density at radius 1 is 1.10 bits per heavy atom. The largest absolute Gasteiger partial charge is 0.496 e. The first-order valence-corrected chi connectivity index (χ1v) is 13.7. The van der Waals surface area contributed by atoms with Crippen LogP contribution in [0, 0.1) is 5.92 Å². The molecule has 0 fully saturated rings. The van der Waals surface area contributed by atoms with Gasteiger partial charge in [-0.3, -0.25) is 14.4 Å². The molecule has 1 aromatic heterocycles. The maximum atomic E-state index is 14.1. The van der Waals surface area contributed by atoms with E-state index in [0.717, 1.165) is 16.3 Å². The SMILES string of the molecule is COc1cc2c(c3c1c(=O)c1cc4ccccc4cc1n3C)[C@@H](OCC(C)C)[C@@H](OC(=O)CCC(=O)O)C(C)(C)O2. The average Bonchev–Trinajstić information content (AvgIpc) is 2.92. The molecule has 4 aromatic rings. The number of aryl methyl sites for hydroxylation is 1. The minimum Gasteiger partial charge on any atom is -0.496 e. The van der Waals surface area contributed by atoms with Crippen LogP contribution >= 0.6 is 0 Å². The van der Waals surface area contributed by atoms with Gasteiger partial charge >= 0.3 is 11.9 Å². The minimum atomic E-state index is -1.09. The normalized spacial score (nSPS) is 17.9. The summed E-state index contributed by atoms with van der Waals surface area (Å²) in [6.45, 7) is 7.96. The van der Waals surface area contributed by atoms with E-state index in [9.17, 15) is 14.4 Å². The number of pyridine rings is 1. The van der Waals surface area contributed by atoms with Crippen LogP contribution in [0.25, 0.3) is 32.6 Å². The van der Waals surface area contributed by atoms with Gasteiger partial charge in [0.2, 0.25) is 5.43 Å². The minimum absolute atomic E-state index is 0.160. The van der Waals surface area contributed by atoms with Crippen LogP contribution in [0.5, 0.6) is 11.5 Å². The zero-order valence-corrected chi connectivity index (χ0v) is 24.1. The first-order valence-electron chi connectivity index (χ1n) is 13.7. The monoisotopic (exact) mass is 561 g/mol. The van der Waals surface area contributed by atoms with Crippen LogP contribution < -0.4 is 14.9 Å². The van der Waals surface area contributed by atoms with Gasteiger partial charge in [-0.15, -0.1) is 0 Å². The standard InChI is InChI=1S/C32H35NO8/c1-17(2)16-39-30-27-23(41-32(3,4)31(30)40-25(36)12-11-24(34)35)15-22(38-6)26-28(27)33(5)21-14-19-10-8-7-9-18(19)13-20(21)29(26)37/h7-10,13-15,17,30-31H,11-12,16H2,1-6H3,(H,34,35)/t30-,31-/m1/s1. The van der Waals surface area contributed by atoms with Crippen molar-refractivity contribution in [3.05, 3.63) is 58.3 Å². The van der Waals surface area contributed by atoms with E-state index in [1.54, 1.807) is 19.9 Å². The van der Waals surface area contributed by atoms with Crippen molar-refractivity contribution in [2.24, 2.45) is 13.0 Å². The van der Waals surface area contributed by atoms with Gasteiger partial charge in [0.05, 0.1) is 41.9 Å². The van der Waals surface area contributed by atoms with Crippen molar-refractivity contribution >= 4 is 44.5 Å². The third-order valence-corrected chi connectivity index (χ3v) is 7.55. The number of hydrogen-bond acceptors (Lipinski definition) is 7. The van der Waals surface area contributed by atoms with Crippen LogP contribution in [-0.2, 0) is 26.1 Å². The molecular weight excluding hydrogens is 526 g/mol. The Kier molecular flexibility index (Phi) is 7.42. The topological polar surface area (TPSA) is 113 Å². The summed E-state index contributed by atoms with van der Waals surface area (Å²) in [5.41, 5.74) is 0.618. The second-order valence-corrected chi connectivity index (χ2v) is 11.5. The van der Waals surface area contributed by atoms with Gasteiger partial charge in [-0.05, 0) is 42.7 Å². The molecule has 0 unspecified atom stereocenters. The summed E-state index contributed by atoms with van der Waals surface area (Å²) in [5, 5.41) is 11.9. The molecule has 0 radical (unpaired) electrons. The first kappa shape index (κ1) is 28.4. The van der Waals surface area contributed by atoms with Gasteiger partial charge < -0.3 is 28.6 Å². The average molecular weight is 562 g/mol. The number of carbonyl (C=O) groups is 2. The Labute approximate surface area is 237 Å². The number of fused-ring (bicyclic) bond motifs is 5. The van der Waals surface area contributed by atoms with E-state index in [-0.39, 0.29) is 24.2 Å². The number of carbonyl (C=O) groups excluding carboxylic acids is 1. The van der Waals surface area contributed by atoms with Gasteiger partial charge in [-0.25, -0.2) is 0 Å². The highest BCUT2D eigenvalue weighted by atomic mass is 16.6. The lowest BCUT2D eigenvalue weighted by atomic mass is 9.86. The molecule has 1 aliphatic rings. The predicted octanol–water partition coefficient (Wildman–Crippen LogP) is 5.51. The second-order valence-electron chi connectivity index (χ2n) is 11.5. The molecular formula is C32H35NO8. The Bertz CT molecular complexity index is 1740. The molecule has 0 aliphatic carbocycles. The van der Waals surface area contributed by atoms with E-state index in [1.807, 2.05) is 61.9 Å². The molecule has 0 bridgehead atoms. The summed E-state index contributed by atoms with van der Waals surface area (Å²) in [6, 6.07) is 13.4. The lowest BCUT2D eigenvalue weighted by molar-refractivity contribution is -0.185. The van der Waals surface area contributed by atoms with E-state index < -0.39 is 29.7 Å². The van der Waals surface area contributed by atoms with Crippen molar-refractivity contribution in [3.63, 3.8) is 0 Å². The number of benzene rings is 3. The van der Waals surface area contributed by atoms with Gasteiger partial charge in [0.15, 0.2) is 6.10 Å². The summed E-state index contributed by atoms with van der Waals surface area (Å²) in [6.07, 6.45) is -2.36. The predicted molar refractivity (Wildman–Crippen MR) is 156 cm³/mol. The fraction of sp³-hybridized carbons (Fsp3) is 0.406. The fourth-order valence-electron chi connectivity index (χ4n) is 5.61.